The fourth-order valence-corrected chi connectivity index (χ4v) is 2.20. The molecule has 25 heavy (non-hydrogen) atoms. The van der Waals surface area contributed by atoms with E-state index in [0.717, 1.165) is 0 Å². The van der Waals surface area contributed by atoms with Crippen LogP contribution in [0.15, 0.2) is 22.7 Å². The van der Waals surface area contributed by atoms with Crippen molar-refractivity contribution < 1.29 is 23.5 Å². The quantitative estimate of drug-likeness (QED) is 0.576. The normalized spacial score (nSPS) is 9.60. The van der Waals surface area contributed by atoms with E-state index in [1.165, 1.54) is 23.1 Å². The van der Waals surface area contributed by atoms with Crippen molar-refractivity contribution in [3.63, 3.8) is 0 Å². The Balaban J connectivity index is 2.44. The summed E-state index contributed by atoms with van der Waals surface area (Å²) >= 11 is 3.10. The van der Waals surface area contributed by atoms with Gasteiger partial charge in [-0.2, -0.15) is 10.5 Å². The number of amides is 1. The molecule has 0 atom stereocenters. The molecule has 0 aliphatic carbocycles. The lowest BCUT2D eigenvalue weighted by atomic mass is 10.3. The molecule has 0 bridgehead atoms. The third-order valence-electron chi connectivity index (χ3n) is 2.94. The Morgan fingerprint density at radius 2 is 1.80 bits per heavy atom. The number of carbonyl (C=O) groups excluding carboxylic acids is 2. The van der Waals surface area contributed by atoms with Crippen LogP contribution >= 0.6 is 15.9 Å². The van der Waals surface area contributed by atoms with Crippen LogP contribution in [0.5, 0.6) is 5.75 Å². The Hall–Kier alpha value is -2.65. The fraction of sp³-hybridized carbons (Fsp3) is 0.375. The van der Waals surface area contributed by atoms with Crippen LogP contribution in [-0.4, -0.2) is 43.1 Å². The Morgan fingerprint density at radius 1 is 1.16 bits per heavy atom. The maximum Gasteiger partial charge on any atom is 0.344 e. The fourth-order valence-electron chi connectivity index (χ4n) is 1.74. The van der Waals surface area contributed by atoms with Crippen LogP contribution in [0.4, 0.5) is 4.39 Å². The van der Waals surface area contributed by atoms with Crippen molar-refractivity contribution in [2.45, 2.75) is 12.8 Å². The molecule has 9 heteroatoms. The summed E-state index contributed by atoms with van der Waals surface area (Å²) in [4.78, 5) is 24.9. The van der Waals surface area contributed by atoms with Gasteiger partial charge in [0.25, 0.3) is 5.91 Å². The second kappa shape index (κ2) is 11.0. The molecule has 0 aliphatic heterocycles. The summed E-state index contributed by atoms with van der Waals surface area (Å²) in [5.41, 5.74) is 0. The zero-order chi connectivity index (χ0) is 18.7. The molecule has 0 aromatic heterocycles. The first-order chi connectivity index (χ1) is 12.0. The van der Waals surface area contributed by atoms with Gasteiger partial charge in [-0.3, -0.25) is 4.79 Å². The zero-order valence-corrected chi connectivity index (χ0v) is 14.8. The molecule has 7 nitrogen and oxygen atoms in total. The summed E-state index contributed by atoms with van der Waals surface area (Å²) < 4.78 is 23.3. The molecule has 0 aliphatic rings. The minimum Gasteiger partial charge on any atom is -0.481 e. The van der Waals surface area contributed by atoms with Gasteiger partial charge in [0.15, 0.2) is 13.2 Å². The maximum absolute atomic E-state index is 12.9. The number of esters is 1. The molecule has 0 spiro atoms. The number of hydrogen-bond acceptors (Lipinski definition) is 6. The summed E-state index contributed by atoms with van der Waals surface area (Å²) in [7, 11) is 0. The Bertz CT molecular complexity index is 682. The highest BCUT2D eigenvalue weighted by Crippen LogP contribution is 2.25. The summed E-state index contributed by atoms with van der Waals surface area (Å²) in [5, 5.41) is 17.2. The number of nitrogens with zero attached hydrogens (tertiary/aromatic N) is 3. The maximum atomic E-state index is 12.9. The van der Waals surface area contributed by atoms with Crippen LogP contribution in [0.2, 0.25) is 0 Å². The Labute approximate surface area is 152 Å². The van der Waals surface area contributed by atoms with E-state index in [-0.39, 0.29) is 31.7 Å². The summed E-state index contributed by atoms with van der Waals surface area (Å²) in [6.07, 6.45) is 0.236. The predicted octanol–water partition coefficient (Wildman–Crippen LogP) is 2.17. The van der Waals surface area contributed by atoms with Gasteiger partial charge in [-0.25, -0.2) is 9.18 Å². The minimum absolute atomic E-state index is 0.118. The Morgan fingerprint density at radius 3 is 2.36 bits per heavy atom. The van der Waals surface area contributed by atoms with Crippen molar-refractivity contribution in [3.05, 3.63) is 28.5 Å². The summed E-state index contributed by atoms with van der Waals surface area (Å²) in [5.74, 6) is -1.47. The molecule has 0 unspecified atom stereocenters. The average Bonchev–Trinajstić information content (AvgIpc) is 2.59. The number of hydrogen-bond donors (Lipinski definition) is 0. The molecule has 0 radical (unpaired) electrons. The summed E-state index contributed by atoms with van der Waals surface area (Å²) in [6.45, 7) is -0.640. The predicted molar refractivity (Wildman–Crippen MR) is 87.6 cm³/mol. The highest BCUT2D eigenvalue weighted by atomic mass is 79.9. The van der Waals surface area contributed by atoms with Crippen molar-refractivity contribution in [3.8, 4) is 17.9 Å². The van der Waals surface area contributed by atoms with Gasteiger partial charge in [0, 0.05) is 13.1 Å². The van der Waals surface area contributed by atoms with Crippen molar-refractivity contribution >= 4 is 27.8 Å². The van der Waals surface area contributed by atoms with Crippen LogP contribution in [0, 0.1) is 28.5 Å². The van der Waals surface area contributed by atoms with Gasteiger partial charge < -0.3 is 14.4 Å². The molecule has 0 saturated carbocycles. The van der Waals surface area contributed by atoms with E-state index in [1.807, 2.05) is 12.1 Å². The van der Waals surface area contributed by atoms with Gasteiger partial charge in [0.05, 0.1) is 29.5 Å². The van der Waals surface area contributed by atoms with Crippen LogP contribution < -0.4 is 4.74 Å². The van der Waals surface area contributed by atoms with Gasteiger partial charge in [-0.05, 0) is 34.1 Å². The van der Waals surface area contributed by atoms with E-state index in [0.29, 0.717) is 4.47 Å². The second-order valence-corrected chi connectivity index (χ2v) is 5.58. The van der Waals surface area contributed by atoms with Gasteiger partial charge in [-0.15, -0.1) is 0 Å². The van der Waals surface area contributed by atoms with Gasteiger partial charge >= 0.3 is 5.97 Å². The zero-order valence-electron chi connectivity index (χ0n) is 13.2. The Kier molecular flexibility index (Phi) is 8.97. The molecule has 132 valence electrons. The van der Waals surface area contributed by atoms with Crippen molar-refractivity contribution in [1.82, 2.24) is 4.90 Å². The van der Waals surface area contributed by atoms with Crippen molar-refractivity contribution in [1.29, 1.82) is 10.5 Å². The lowest BCUT2D eigenvalue weighted by Gasteiger charge is -2.20. The third kappa shape index (κ3) is 7.64. The number of carbonyl (C=O) groups is 2. The molecule has 1 rings (SSSR count). The number of rotatable bonds is 9. The van der Waals surface area contributed by atoms with E-state index in [4.69, 9.17) is 20.0 Å². The van der Waals surface area contributed by atoms with Gasteiger partial charge in [0.1, 0.15) is 11.6 Å². The topological polar surface area (TPSA) is 103 Å². The first kappa shape index (κ1) is 20.4. The van der Waals surface area contributed by atoms with Crippen LogP contribution in [0.25, 0.3) is 0 Å². The van der Waals surface area contributed by atoms with E-state index in [9.17, 15) is 14.0 Å². The molecular weight excluding hydrogens is 397 g/mol. The minimum atomic E-state index is -0.773. The highest BCUT2D eigenvalue weighted by molar-refractivity contribution is 9.10. The van der Waals surface area contributed by atoms with Gasteiger partial charge in [-0.1, -0.05) is 0 Å². The van der Waals surface area contributed by atoms with E-state index >= 15 is 0 Å². The lowest BCUT2D eigenvalue weighted by molar-refractivity contribution is -0.153. The molecule has 1 aromatic carbocycles. The first-order valence-corrected chi connectivity index (χ1v) is 8.02. The van der Waals surface area contributed by atoms with Crippen LogP contribution in [0.1, 0.15) is 12.8 Å². The second-order valence-electron chi connectivity index (χ2n) is 4.72. The van der Waals surface area contributed by atoms with Crippen molar-refractivity contribution in [2.75, 3.05) is 26.3 Å². The van der Waals surface area contributed by atoms with Crippen LogP contribution in [0.3, 0.4) is 0 Å². The summed E-state index contributed by atoms with van der Waals surface area (Å²) in [6, 6.07) is 7.53. The number of nitriles is 2. The largest absolute Gasteiger partial charge is 0.481 e. The molecular formula is C16H15BrFN3O4. The van der Waals surface area contributed by atoms with E-state index in [2.05, 4.69) is 15.9 Å². The van der Waals surface area contributed by atoms with E-state index in [1.54, 1.807) is 0 Å². The molecule has 1 amide bonds. The lowest BCUT2D eigenvalue weighted by Crippen LogP contribution is -2.36. The SMILES string of the molecule is N#CCCN(CCC#N)C(=O)COC(=O)COc1ccc(F)cc1Br. The number of ether oxygens (including phenoxy) is 2. The molecule has 0 heterocycles. The standard InChI is InChI=1S/C16H15BrFN3O4/c17-13-9-12(18)3-4-14(13)24-11-16(23)25-10-15(22)21(7-1-5-19)8-2-6-20/h3-4,9H,1-2,7-8,10-11H2. The monoisotopic (exact) mass is 411 g/mol. The third-order valence-corrected chi connectivity index (χ3v) is 3.56. The molecule has 0 fully saturated rings. The number of benzene rings is 1. The molecule has 1 aromatic rings. The molecule has 0 N–H and O–H groups in total. The van der Waals surface area contributed by atoms with Crippen molar-refractivity contribution in [2.24, 2.45) is 0 Å². The van der Waals surface area contributed by atoms with E-state index < -0.39 is 30.9 Å². The highest BCUT2D eigenvalue weighted by Gasteiger charge is 2.16. The first-order valence-electron chi connectivity index (χ1n) is 7.23. The van der Waals surface area contributed by atoms with Crippen LogP contribution in [-0.2, 0) is 14.3 Å². The number of halogens is 2. The smallest absolute Gasteiger partial charge is 0.344 e. The molecule has 0 saturated heterocycles. The average molecular weight is 412 g/mol. The van der Waals surface area contributed by atoms with Gasteiger partial charge in [0.2, 0.25) is 0 Å².